The van der Waals surface area contributed by atoms with E-state index in [9.17, 15) is 0 Å². The molecule has 0 aliphatic carbocycles. The molecule has 128 valence electrons. The zero-order chi connectivity index (χ0) is 18.1. The smallest absolute Gasteiger partial charge is 0.0816 e. The molecule has 0 atom stereocenters. The molecule has 4 aromatic carbocycles. The van der Waals surface area contributed by atoms with Gasteiger partial charge in [0.15, 0.2) is 0 Å². The van der Waals surface area contributed by atoms with E-state index in [0.717, 1.165) is 22.5 Å². The summed E-state index contributed by atoms with van der Waals surface area (Å²) >= 11 is 1.81. The van der Waals surface area contributed by atoms with Gasteiger partial charge in [-0.3, -0.25) is 0 Å². The van der Waals surface area contributed by atoms with E-state index in [2.05, 4.69) is 91.0 Å². The van der Waals surface area contributed by atoms with Crippen LogP contribution >= 0.6 is 11.3 Å². The first-order chi connectivity index (χ1) is 13.4. The van der Waals surface area contributed by atoms with Gasteiger partial charge in [-0.15, -0.1) is 11.3 Å². The molecule has 5 aromatic rings. The summed E-state index contributed by atoms with van der Waals surface area (Å²) in [6.07, 6.45) is 0. The Bertz CT molecular complexity index is 1210. The molecule has 0 amide bonds. The van der Waals surface area contributed by atoms with Gasteiger partial charge < -0.3 is 0 Å². The van der Waals surface area contributed by atoms with E-state index in [0.29, 0.717) is 0 Å². The Morgan fingerprint density at radius 3 is 1.85 bits per heavy atom. The first-order valence-corrected chi connectivity index (χ1v) is 9.81. The summed E-state index contributed by atoms with van der Waals surface area (Å²) in [6.45, 7) is 0. The maximum atomic E-state index is 5.15. The molecule has 1 heterocycles. The second-order valence-corrected chi connectivity index (χ2v) is 7.50. The molecule has 5 rings (SSSR count). The van der Waals surface area contributed by atoms with Gasteiger partial charge in [0.1, 0.15) is 0 Å². The van der Waals surface area contributed by atoms with E-state index in [1.165, 1.54) is 20.2 Å². The summed E-state index contributed by atoms with van der Waals surface area (Å²) in [5.41, 5.74) is 4.28. The quantitative estimate of drug-likeness (QED) is 0.300. The third kappa shape index (κ3) is 2.94. The van der Waals surface area contributed by atoms with Crippen molar-refractivity contribution in [2.75, 3.05) is 0 Å². The first kappa shape index (κ1) is 16.0. The van der Waals surface area contributed by atoms with Gasteiger partial charge in [-0.05, 0) is 12.1 Å². The standard InChI is InChI=1S/C25H17NS/c1-3-10-18(11-4-1)24(19-12-5-2-6-13-19)26-22-16-9-15-21-20-14-7-8-17-23(20)27-25(21)22/h1-17H. The minimum atomic E-state index is 1.00. The van der Waals surface area contributed by atoms with Crippen molar-refractivity contribution in [3.63, 3.8) is 0 Å². The molecule has 2 heteroatoms. The number of fused-ring (bicyclic) bond motifs is 3. The lowest BCUT2D eigenvalue weighted by Gasteiger charge is -2.08. The van der Waals surface area contributed by atoms with Gasteiger partial charge in [0.25, 0.3) is 0 Å². The largest absolute Gasteiger partial charge is 0.246 e. The average molecular weight is 363 g/mol. The van der Waals surface area contributed by atoms with Crippen molar-refractivity contribution >= 4 is 42.9 Å². The van der Waals surface area contributed by atoms with Gasteiger partial charge in [0.05, 0.1) is 16.1 Å². The number of thiophene rings is 1. The molecule has 0 unspecified atom stereocenters. The Morgan fingerprint density at radius 2 is 1.15 bits per heavy atom. The van der Waals surface area contributed by atoms with Crippen molar-refractivity contribution < 1.29 is 0 Å². The van der Waals surface area contributed by atoms with Gasteiger partial charge in [-0.25, -0.2) is 4.99 Å². The second kappa shape index (κ2) is 6.82. The highest BCUT2D eigenvalue weighted by atomic mass is 32.1. The van der Waals surface area contributed by atoms with Crippen LogP contribution in [0.1, 0.15) is 11.1 Å². The molecule has 0 spiro atoms. The van der Waals surface area contributed by atoms with Gasteiger partial charge in [-0.2, -0.15) is 0 Å². The normalized spacial score (nSPS) is 11.0. The van der Waals surface area contributed by atoms with E-state index in [1.54, 1.807) is 0 Å². The molecule has 0 saturated carbocycles. The fourth-order valence-electron chi connectivity index (χ4n) is 3.43. The number of nitrogens with zero attached hydrogens (tertiary/aromatic N) is 1. The van der Waals surface area contributed by atoms with Gasteiger partial charge in [-0.1, -0.05) is 91.0 Å². The summed E-state index contributed by atoms with van der Waals surface area (Å²) in [4.78, 5) is 5.15. The zero-order valence-electron chi connectivity index (χ0n) is 14.7. The maximum Gasteiger partial charge on any atom is 0.0816 e. The monoisotopic (exact) mass is 363 g/mol. The van der Waals surface area contributed by atoms with E-state index in [1.807, 2.05) is 23.5 Å². The second-order valence-electron chi connectivity index (χ2n) is 6.44. The Kier molecular flexibility index (Phi) is 4.04. The number of benzene rings is 4. The highest BCUT2D eigenvalue weighted by Gasteiger charge is 2.11. The molecule has 0 bridgehead atoms. The average Bonchev–Trinajstić information content (AvgIpc) is 3.13. The first-order valence-electron chi connectivity index (χ1n) is 9.00. The van der Waals surface area contributed by atoms with Crippen LogP contribution in [0.5, 0.6) is 0 Å². The van der Waals surface area contributed by atoms with E-state index in [4.69, 9.17) is 4.99 Å². The zero-order valence-corrected chi connectivity index (χ0v) is 15.5. The number of hydrogen-bond donors (Lipinski definition) is 0. The minimum absolute atomic E-state index is 1.00. The molecular formula is C25H17NS. The van der Waals surface area contributed by atoms with E-state index < -0.39 is 0 Å². The summed E-state index contributed by atoms with van der Waals surface area (Å²) in [5.74, 6) is 0. The number of aliphatic imine (C=N–C) groups is 1. The molecule has 0 aliphatic heterocycles. The van der Waals surface area contributed by atoms with Crippen LogP contribution in [0.2, 0.25) is 0 Å². The highest BCUT2D eigenvalue weighted by Crippen LogP contribution is 2.39. The Labute approximate surface area is 162 Å². The summed E-state index contributed by atoms with van der Waals surface area (Å²) < 4.78 is 2.54. The molecule has 0 fully saturated rings. The van der Waals surface area contributed by atoms with Crippen LogP contribution in [0.3, 0.4) is 0 Å². The van der Waals surface area contributed by atoms with Crippen molar-refractivity contribution in [1.82, 2.24) is 0 Å². The molecule has 0 N–H and O–H groups in total. The molecule has 1 nitrogen and oxygen atoms in total. The van der Waals surface area contributed by atoms with Crippen LogP contribution in [0.4, 0.5) is 5.69 Å². The van der Waals surface area contributed by atoms with Crippen LogP contribution in [-0.2, 0) is 0 Å². The fourth-order valence-corrected chi connectivity index (χ4v) is 4.59. The van der Waals surface area contributed by atoms with Gasteiger partial charge in [0, 0.05) is 26.6 Å². The van der Waals surface area contributed by atoms with Crippen molar-refractivity contribution in [3.05, 3.63) is 114 Å². The third-order valence-corrected chi connectivity index (χ3v) is 5.92. The van der Waals surface area contributed by atoms with Gasteiger partial charge >= 0.3 is 0 Å². The van der Waals surface area contributed by atoms with E-state index >= 15 is 0 Å². The van der Waals surface area contributed by atoms with Crippen molar-refractivity contribution in [2.45, 2.75) is 0 Å². The molecule has 0 radical (unpaired) electrons. The predicted octanol–water partition coefficient (Wildman–Crippen LogP) is 7.22. The van der Waals surface area contributed by atoms with Gasteiger partial charge in [0.2, 0.25) is 0 Å². The number of rotatable bonds is 3. The lowest BCUT2D eigenvalue weighted by Crippen LogP contribution is -2.02. The third-order valence-electron chi connectivity index (χ3n) is 4.71. The Morgan fingerprint density at radius 1 is 0.556 bits per heavy atom. The SMILES string of the molecule is c1ccc(C(=Nc2cccc3c2sc2ccccc23)c2ccccc2)cc1. The van der Waals surface area contributed by atoms with Crippen LogP contribution in [-0.4, -0.2) is 5.71 Å². The number of hydrogen-bond acceptors (Lipinski definition) is 2. The lowest BCUT2D eigenvalue weighted by atomic mass is 10.0. The maximum absolute atomic E-state index is 5.15. The van der Waals surface area contributed by atoms with Crippen LogP contribution in [0.15, 0.2) is 108 Å². The van der Waals surface area contributed by atoms with E-state index in [-0.39, 0.29) is 0 Å². The van der Waals surface area contributed by atoms with Crippen molar-refractivity contribution in [3.8, 4) is 0 Å². The van der Waals surface area contributed by atoms with Crippen LogP contribution in [0.25, 0.3) is 20.2 Å². The van der Waals surface area contributed by atoms with Crippen LogP contribution < -0.4 is 0 Å². The highest BCUT2D eigenvalue weighted by molar-refractivity contribution is 7.26. The van der Waals surface area contributed by atoms with Crippen LogP contribution in [0, 0.1) is 0 Å². The summed E-state index contributed by atoms with van der Waals surface area (Å²) in [7, 11) is 0. The molecule has 1 aromatic heterocycles. The molecular weight excluding hydrogens is 346 g/mol. The van der Waals surface area contributed by atoms with Crippen molar-refractivity contribution in [2.24, 2.45) is 4.99 Å². The Hall–Kier alpha value is -3.23. The molecule has 0 aliphatic rings. The summed E-state index contributed by atoms with van der Waals surface area (Å²) in [5, 5.41) is 2.58. The summed E-state index contributed by atoms with van der Waals surface area (Å²) in [6, 6.07) is 35.8. The van der Waals surface area contributed by atoms with Crippen molar-refractivity contribution in [1.29, 1.82) is 0 Å². The minimum Gasteiger partial charge on any atom is -0.246 e. The molecule has 27 heavy (non-hydrogen) atoms. The molecule has 0 saturated heterocycles. The lowest BCUT2D eigenvalue weighted by molar-refractivity contribution is 1.50. The topological polar surface area (TPSA) is 12.4 Å². The predicted molar refractivity (Wildman–Crippen MR) is 118 cm³/mol. The fraction of sp³-hybridized carbons (Fsp3) is 0. The Balaban J connectivity index is 1.77.